The van der Waals surface area contributed by atoms with Gasteiger partial charge in [-0.05, 0) is 56.1 Å². The molecular formula is C22H25FN2O3. The Bertz CT molecular complexity index is 823. The molecule has 2 aromatic rings. The number of esters is 1. The molecule has 0 unspecified atom stereocenters. The standard InChI is InChI=1S/C22H25FN2O3/c1-2-28-22(27)19-7-3-4-8-20(19)24-21(26)17-6-5-13-25(15-17)14-16-9-11-18(23)12-10-16/h3-4,7-12,17H,2,5-6,13-15H2,1H3,(H,24,26)/t17-/m1/s1. The van der Waals surface area contributed by atoms with Gasteiger partial charge in [0.2, 0.25) is 5.91 Å². The number of hydrogen-bond donors (Lipinski definition) is 1. The molecule has 2 aromatic carbocycles. The van der Waals surface area contributed by atoms with Crippen LogP contribution in [0.2, 0.25) is 0 Å². The van der Waals surface area contributed by atoms with E-state index in [4.69, 9.17) is 4.74 Å². The van der Waals surface area contributed by atoms with Gasteiger partial charge in [-0.15, -0.1) is 0 Å². The number of carbonyl (C=O) groups is 2. The van der Waals surface area contributed by atoms with Crippen LogP contribution in [0.4, 0.5) is 10.1 Å². The fraction of sp³-hybridized carbons (Fsp3) is 0.364. The Morgan fingerprint density at radius 1 is 1.18 bits per heavy atom. The maximum absolute atomic E-state index is 13.1. The first-order valence-electron chi connectivity index (χ1n) is 9.60. The lowest BCUT2D eigenvalue weighted by molar-refractivity contribution is -0.121. The molecule has 0 radical (unpaired) electrons. The summed E-state index contributed by atoms with van der Waals surface area (Å²) >= 11 is 0. The zero-order valence-corrected chi connectivity index (χ0v) is 16.0. The number of amides is 1. The Labute approximate surface area is 164 Å². The van der Waals surface area contributed by atoms with Crippen molar-refractivity contribution in [1.29, 1.82) is 0 Å². The van der Waals surface area contributed by atoms with E-state index in [1.165, 1.54) is 12.1 Å². The number of carbonyl (C=O) groups excluding carboxylic acids is 2. The molecule has 1 saturated heterocycles. The van der Waals surface area contributed by atoms with Gasteiger partial charge in [-0.1, -0.05) is 24.3 Å². The lowest BCUT2D eigenvalue weighted by Gasteiger charge is -2.32. The van der Waals surface area contributed by atoms with E-state index >= 15 is 0 Å². The first kappa shape index (κ1) is 20.0. The summed E-state index contributed by atoms with van der Waals surface area (Å²) in [7, 11) is 0. The molecule has 5 nitrogen and oxygen atoms in total. The normalized spacial score (nSPS) is 17.1. The Morgan fingerprint density at radius 2 is 1.93 bits per heavy atom. The van der Waals surface area contributed by atoms with E-state index in [1.54, 1.807) is 43.3 Å². The van der Waals surface area contributed by atoms with Crippen LogP contribution in [0, 0.1) is 11.7 Å². The van der Waals surface area contributed by atoms with Crippen molar-refractivity contribution in [3.05, 3.63) is 65.5 Å². The molecule has 6 heteroatoms. The third-order valence-corrected chi connectivity index (χ3v) is 4.88. The summed E-state index contributed by atoms with van der Waals surface area (Å²) in [5, 5.41) is 2.90. The molecule has 1 amide bonds. The maximum atomic E-state index is 13.1. The zero-order valence-electron chi connectivity index (χ0n) is 16.0. The Balaban J connectivity index is 1.63. The number of nitrogens with one attached hydrogen (secondary N) is 1. The summed E-state index contributed by atoms with van der Waals surface area (Å²) in [6.45, 7) is 4.24. The monoisotopic (exact) mass is 384 g/mol. The molecule has 1 heterocycles. The minimum atomic E-state index is -0.444. The van der Waals surface area contributed by atoms with Gasteiger partial charge in [0.1, 0.15) is 5.82 Å². The van der Waals surface area contributed by atoms with Gasteiger partial charge in [-0.25, -0.2) is 9.18 Å². The lowest BCUT2D eigenvalue weighted by atomic mass is 9.96. The molecule has 1 aliphatic rings. The number of para-hydroxylation sites is 1. The van der Waals surface area contributed by atoms with Crippen LogP contribution < -0.4 is 5.32 Å². The van der Waals surface area contributed by atoms with Gasteiger partial charge in [0.05, 0.1) is 23.8 Å². The van der Waals surface area contributed by atoms with Crippen molar-refractivity contribution in [1.82, 2.24) is 4.90 Å². The summed E-state index contributed by atoms with van der Waals surface area (Å²) in [5.74, 6) is -0.954. The highest BCUT2D eigenvalue weighted by molar-refractivity contribution is 6.01. The van der Waals surface area contributed by atoms with Crippen LogP contribution in [0.3, 0.4) is 0 Å². The molecule has 28 heavy (non-hydrogen) atoms. The summed E-state index contributed by atoms with van der Waals surface area (Å²) in [6.07, 6.45) is 1.71. The van der Waals surface area contributed by atoms with Crippen molar-refractivity contribution >= 4 is 17.6 Å². The van der Waals surface area contributed by atoms with Gasteiger partial charge in [-0.3, -0.25) is 9.69 Å². The van der Waals surface area contributed by atoms with E-state index in [0.29, 0.717) is 24.3 Å². The number of ether oxygens (including phenoxy) is 1. The van der Waals surface area contributed by atoms with Gasteiger partial charge in [0.15, 0.2) is 0 Å². The van der Waals surface area contributed by atoms with Crippen LogP contribution in [0.25, 0.3) is 0 Å². The highest BCUT2D eigenvalue weighted by Gasteiger charge is 2.26. The topological polar surface area (TPSA) is 58.6 Å². The molecule has 0 bridgehead atoms. The fourth-order valence-electron chi connectivity index (χ4n) is 3.47. The summed E-state index contributed by atoms with van der Waals surface area (Å²) in [4.78, 5) is 27.1. The third kappa shape index (κ3) is 5.16. The van der Waals surface area contributed by atoms with Crippen LogP contribution in [0.15, 0.2) is 48.5 Å². The first-order valence-corrected chi connectivity index (χ1v) is 9.60. The SMILES string of the molecule is CCOC(=O)c1ccccc1NC(=O)[C@@H]1CCCN(Cc2ccc(F)cc2)C1. The van der Waals surface area contributed by atoms with Crippen molar-refractivity contribution < 1.29 is 18.7 Å². The molecule has 148 valence electrons. The Hall–Kier alpha value is -2.73. The molecule has 1 aliphatic heterocycles. The number of nitrogens with zero attached hydrogens (tertiary/aromatic N) is 1. The van der Waals surface area contributed by atoms with Crippen LogP contribution >= 0.6 is 0 Å². The predicted molar refractivity (Wildman–Crippen MR) is 105 cm³/mol. The maximum Gasteiger partial charge on any atom is 0.340 e. The molecule has 0 spiro atoms. The zero-order chi connectivity index (χ0) is 19.9. The summed E-state index contributed by atoms with van der Waals surface area (Å²) < 4.78 is 18.1. The Kier molecular flexibility index (Phi) is 6.76. The van der Waals surface area contributed by atoms with Gasteiger partial charge in [-0.2, -0.15) is 0 Å². The van der Waals surface area contributed by atoms with Gasteiger partial charge in [0.25, 0.3) is 0 Å². The largest absolute Gasteiger partial charge is 0.462 e. The van der Waals surface area contributed by atoms with Crippen LogP contribution in [0.1, 0.15) is 35.7 Å². The van der Waals surface area contributed by atoms with Crippen LogP contribution in [0.5, 0.6) is 0 Å². The fourth-order valence-corrected chi connectivity index (χ4v) is 3.47. The number of anilines is 1. The number of halogens is 1. The highest BCUT2D eigenvalue weighted by Crippen LogP contribution is 2.22. The molecule has 0 aromatic heterocycles. The van der Waals surface area contributed by atoms with Gasteiger partial charge in [0, 0.05) is 13.1 Å². The van der Waals surface area contributed by atoms with Crippen LogP contribution in [-0.2, 0) is 16.1 Å². The molecular weight excluding hydrogens is 359 g/mol. The quantitative estimate of drug-likeness (QED) is 0.769. The number of likely N-dealkylation sites (tertiary alicyclic amines) is 1. The average molecular weight is 384 g/mol. The molecule has 1 fully saturated rings. The molecule has 1 atom stereocenters. The third-order valence-electron chi connectivity index (χ3n) is 4.88. The molecule has 1 N–H and O–H groups in total. The van der Waals surface area contributed by atoms with E-state index < -0.39 is 5.97 Å². The second-order valence-electron chi connectivity index (χ2n) is 6.96. The minimum Gasteiger partial charge on any atom is -0.462 e. The van der Waals surface area contributed by atoms with E-state index in [1.807, 2.05) is 0 Å². The van der Waals surface area contributed by atoms with Crippen molar-refractivity contribution in [3.8, 4) is 0 Å². The second-order valence-corrected chi connectivity index (χ2v) is 6.96. The van der Waals surface area contributed by atoms with Crippen molar-refractivity contribution in [2.75, 3.05) is 25.0 Å². The van der Waals surface area contributed by atoms with E-state index in [-0.39, 0.29) is 24.2 Å². The molecule has 0 aliphatic carbocycles. The molecule has 3 rings (SSSR count). The first-order chi connectivity index (χ1) is 13.6. The number of piperidine rings is 1. The Morgan fingerprint density at radius 3 is 2.68 bits per heavy atom. The van der Waals surface area contributed by atoms with E-state index in [2.05, 4.69) is 10.2 Å². The molecule has 0 saturated carbocycles. The number of benzene rings is 2. The van der Waals surface area contributed by atoms with Crippen molar-refractivity contribution in [2.45, 2.75) is 26.3 Å². The summed E-state index contributed by atoms with van der Waals surface area (Å²) in [6, 6.07) is 13.3. The van der Waals surface area contributed by atoms with E-state index in [9.17, 15) is 14.0 Å². The van der Waals surface area contributed by atoms with E-state index in [0.717, 1.165) is 24.9 Å². The lowest BCUT2D eigenvalue weighted by Crippen LogP contribution is -2.40. The number of rotatable bonds is 6. The predicted octanol–water partition coefficient (Wildman–Crippen LogP) is 3.85. The van der Waals surface area contributed by atoms with Crippen molar-refractivity contribution in [2.24, 2.45) is 5.92 Å². The number of hydrogen-bond acceptors (Lipinski definition) is 4. The minimum absolute atomic E-state index is 0.0967. The van der Waals surface area contributed by atoms with Crippen LogP contribution in [-0.4, -0.2) is 36.5 Å². The highest BCUT2D eigenvalue weighted by atomic mass is 19.1. The second kappa shape index (κ2) is 9.46. The van der Waals surface area contributed by atoms with Crippen molar-refractivity contribution in [3.63, 3.8) is 0 Å². The van der Waals surface area contributed by atoms with Gasteiger partial charge >= 0.3 is 5.97 Å². The average Bonchev–Trinajstić information content (AvgIpc) is 2.70. The van der Waals surface area contributed by atoms with Gasteiger partial charge < -0.3 is 10.1 Å². The smallest absolute Gasteiger partial charge is 0.340 e. The summed E-state index contributed by atoms with van der Waals surface area (Å²) in [5.41, 5.74) is 1.86.